The lowest BCUT2D eigenvalue weighted by atomic mass is 9.85. The van der Waals surface area contributed by atoms with Crippen molar-refractivity contribution in [2.75, 3.05) is 11.9 Å². The van der Waals surface area contributed by atoms with E-state index in [0.717, 1.165) is 12.1 Å². The van der Waals surface area contributed by atoms with E-state index in [2.05, 4.69) is 10.6 Å². The van der Waals surface area contributed by atoms with E-state index < -0.39 is 16.1 Å². The molecule has 1 aliphatic carbocycles. The number of primary sulfonamides is 1. The van der Waals surface area contributed by atoms with E-state index >= 15 is 0 Å². The van der Waals surface area contributed by atoms with Crippen LogP contribution in [0.4, 0.5) is 5.69 Å². The van der Waals surface area contributed by atoms with Crippen LogP contribution in [0.15, 0.2) is 29.2 Å². The van der Waals surface area contributed by atoms with Crippen LogP contribution < -0.4 is 21.5 Å². The van der Waals surface area contributed by atoms with Crippen molar-refractivity contribution in [1.29, 1.82) is 0 Å². The van der Waals surface area contributed by atoms with Crippen molar-refractivity contribution < 1.29 is 13.2 Å². The quantitative estimate of drug-likeness (QED) is 0.542. The molecule has 1 amide bonds. The summed E-state index contributed by atoms with van der Waals surface area (Å²) in [6, 6.07) is 5.61. The SMILES string of the molecule is C[C@@H](CNc1ccc(S(N)(=O)=O)cc1)NC(=O)[C@@H](N)CC1CCCCC1. The second kappa shape index (κ2) is 9.34. The highest BCUT2D eigenvalue weighted by molar-refractivity contribution is 7.89. The van der Waals surface area contributed by atoms with Crippen molar-refractivity contribution in [2.24, 2.45) is 16.8 Å². The van der Waals surface area contributed by atoms with Crippen LogP contribution in [0.1, 0.15) is 45.4 Å². The van der Waals surface area contributed by atoms with E-state index in [-0.39, 0.29) is 16.8 Å². The fraction of sp³-hybridized carbons (Fsp3) is 0.611. The minimum absolute atomic E-state index is 0.0677. The maximum Gasteiger partial charge on any atom is 0.238 e. The summed E-state index contributed by atoms with van der Waals surface area (Å²) in [5.41, 5.74) is 6.81. The van der Waals surface area contributed by atoms with E-state index in [9.17, 15) is 13.2 Å². The highest BCUT2D eigenvalue weighted by Gasteiger charge is 2.22. The fourth-order valence-corrected chi connectivity index (χ4v) is 3.84. The third-order valence-corrected chi connectivity index (χ3v) is 5.76. The molecule has 0 radical (unpaired) electrons. The fourth-order valence-electron chi connectivity index (χ4n) is 3.32. The van der Waals surface area contributed by atoms with Gasteiger partial charge < -0.3 is 16.4 Å². The number of hydrogen-bond donors (Lipinski definition) is 4. The minimum atomic E-state index is -3.69. The van der Waals surface area contributed by atoms with Crippen molar-refractivity contribution in [3.8, 4) is 0 Å². The van der Waals surface area contributed by atoms with E-state index in [4.69, 9.17) is 10.9 Å². The molecule has 2 atom stereocenters. The number of benzene rings is 1. The molecule has 0 aromatic heterocycles. The Hall–Kier alpha value is -1.64. The van der Waals surface area contributed by atoms with Gasteiger partial charge in [-0.25, -0.2) is 13.6 Å². The molecule has 0 unspecified atom stereocenters. The lowest BCUT2D eigenvalue weighted by Crippen LogP contribution is -2.47. The zero-order valence-corrected chi connectivity index (χ0v) is 16.1. The summed E-state index contributed by atoms with van der Waals surface area (Å²) >= 11 is 0. The number of nitrogens with two attached hydrogens (primary N) is 2. The first-order valence-corrected chi connectivity index (χ1v) is 10.7. The van der Waals surface area contributed by atoms with E-state index in [1.807, 2.05) is 6.92 Å². The Bertz CT molecular complexity index is 685. The molecular formula is C18H30N4O3S. The smallest absolute Gasteiger partial charge is 0.238 e. The summed E-state index contributed by atoms with van der Waals surface area (Å²) in [5.74, 6) is 0.449. The molecule has 7 nitrogen and oxygen atoms in total. The molecule has 1 aromatic rings. The van der Waals surface area contributed by atoms with Crippen molar-refractivity contribution >= 4 is 21.6 Å². The summed E-state index contributed by atoms with van der Waals surface area (Å²) in [7, 11) is -3.69. The molecule has 1 aromatic carbocycles. The van der Waals surface area contributed by atoms with Gasteiger partial charge in [0.2, 0.25) is 15.9 Å². The Labute approximate surface area is 156 Å². The maximum atomic E-state index is 12.2. The highest BCUT2D eigenvalue weighted by Crippen LogP contribution is 2.26. The Morgan fingerprint density at radius 2 is 1.81 bits per heavy atom. The van der Waals surface area contributed by atoms with Crippen LogP contribution in [0.25, 0.3) is 0 Å². The standard InChI is InChI=1S/C18H30N4O3S/c1-13(12-21-15-7-9-16(10-8-15)26(20,24)25)22-18(23)17(19)11-14-5-3-2-4-6-14/h7-10,13-14,17,21H,2-6,11-12,19H2,1H3,(H,22,23)(H2,20,24,25)/t13-,17-/m0/s1. The normalized spacial score (nSPS) is 18.1. The number of anilines is 1. The third kappa shape index (κ3) is 6.59. The Kier molecular flexibility index (Phi) is 7.43. The number of carbonyl (C=O) groups is 1. The van der Waals surface area contributed by atoms with Gasteiger partial charge in [-0.2, -0.15) is 0 Å². The van der Waals surface area contributed by atoms with Crippen molar-refractivity contribution in [3.05, 3.63) is 24.3 Å². The predicted molar refractivity (Wildman–Crippen MR) is 103 cm³/mol. The molecule has 1 saturated carbocycles. The molecule has 146 valence electrons. The average Bonchev–Trinajstić information content (AvgIpc) is 2.60. The van der Waals surface area contributed by atoms with E-state index in [1.54, 1.807) is 12.1 Å². The summed E-state index contributed by atoms with van der Waals surface area (Å²) < 4.78 is 22.5. The number of sulfonamides is 1. The zero-order chi connectivity index (χ0) is 19.2. The second-order valence-corrected chi connectivity index (χ2v) is 8.77. The van der Waals surface area contributed by atoms with Crippen LogP contribution in [-0.2, 0) is 14.8 Å². The van der Waals surface area contributed by atoms with Gasteiger partial charge in [0, 0.05) is 18.3 Å². The number of hydrogen-bond acceptors (Lipinski definition) is 5. The number of amides is 1. The zero-order valence-electron chi connectivity index (χ0n) is 15.3. The number of nitrogens with one attached hydrogen (secondary N) is 2. The Morgan fingerprint density at radius 3 is 2.38 bits per heavy atom. The van der Waals surface area contributed by atoms with Crippen molar-refractivity contribution in [3.63, 3.8) is 0 Å². The molecule has 0 aliphatic heterocycles. The first kappa shape index (κ1) is 20.7. The molecule has 2 rings (SSSR count). The van der Waals surface area contributed by atoms with Crippen LogP contribution in [0.2, 0.25) is 0 Å². The molecule has 26 heavy (non-hydrogen) atoms. The van der Waals surface area contributed by atoms with Gasteiger partial charge in [-0.1, -0.05) is 32.1 Å². The maximum absolute atomic E-state index is 12.2. The molecule has 6 N–H and O–H groups in total. The molecular weight excluding hydrogens is 352 g/mol. The Morgan fingerprint density at radius 1 is 1.19 bits per heavy atom. The van der Waals surface area contributed by atoms with Gasteiger partial charge >= 0.3 is 0 Å². The van der Waals surface area contributed by atoms with Crippen molar-refractivity contribution in [1.82, 2.24) is 5.32 Å². The molecule has 8 heteroatoms. The first-order chi connectivity index (χ1) is 12.3. The van der Waals surface area contributed by atoms with Crippen LogP contribution in [0.5, 0.6) is 0 Å². The molecule has 0 saturated heterocycles. The molecule has 0 bridgehead atoms. The molecule has 1 fully saturated rings. The van der Waals surface area contributed by atoms with Gasteiger partial charge in [0.25, 0.3) is 0 Å². The summed E-state index contributed by atoms with van der Waals surface area (Å²) in [6.07, 6.45) is 6.87. The van der Waals surface area contributed by atoms with Gasteiger partial charge in [-0.3, -0.25) is 4.79 Å². The van der Waals surface area contributed by atoms with Gasteiger partial charge in [0.05, 0.1) is 10.9 Å². The lowest BCUT2D eigenvalue weighted by Gasteiger charge is -2.25. The first-order valence-electron chi connectivity index (χ1n) is 9.18. The largest absolute Gasteiger partial charge is 0.383 e. The van der Waals surface area contributed by atoms with Gasteiger partial charge in [0.1, 0.15) is 0 Å². The van der Waals surface area contributed by atoms with E-state index in [0.29, 0.717) is 12.5 Å². The van der Waals surface area contributed by atoms with Gasteiger partial charge in [-0.15, -0.1) is 0 Å². The van der Waals surface area contributed by atoms with Gasteiger partial charge in [-0.05, 0) is 43.5 Å². The number of carbonyl (C=O) groups excluding carboxylic acids is 1. The van der Waals surface area contributed by atoms with Crippen LogP contribution in [0.3, 0.4) is 0 Å². The molecule has 0 spiro atoms. The molecule has 1 aliphatic rings. The minimum Gasteiger partial charge on any atom is -0.383 e. The topological polar surface area (TPSA) is 127 Å². The average molecular weight is 383 g/mol. The highest BCUT2D eigenvalue weighted by atomic mass is 32.2. The van der Waals surface area contributed by atoms with Crippen molar-refractivity contribution in [2.45, 2.75) is 62.4 Å². The lowest BCUT2D eigenvalue weighted by molar-refractivity contribution is -0.123. The summed E-state index contributed by atoms with van der Waals surface area (Å²) in [5, 5.41) is 11.2. The second-order valence-electron chi connectivity index (χ2n) is 7.21. The van der Waals surface area contributed by atoms with E-state index in [1.165, 1.54) is 44.2 Å². The monoisotopic (exact) mass is 382 g/mol. The predicted octanol–water partition coefficient (Wildman–Crippen LogP) is 1.55. The van der Waals surface area contributed by atoms with Gasteiger partial charge in [0.15, 0.2) is 0 Å². The molecule has 0 heterocycles. The van der Waals surface area contributed by atoms with Crippen LogP contribution >= 0.6 is 0 Å². The third-order valence-electron chi connectivity index (χ3n) is 4.83. The van der Waals surface area contributed by atoms with Crippen LogP contribution in [0, 0.1) is 5.92 Å². The number of rotatable bonds is 8. The summed E-state index contributed by atoms with van der Waals surface area (Å²) in [6.45, 7) is 2.41. The summed E-state index contributed by atoms with van der Waals surface area (Å²) in [4.78, 5) is 12.3. The van der Waals surface area contributed by atoms with Crippen LogP contribution in [-0.4, -0.2) is 33.0 Å². The Balaban J connectivity index is 1.75.